The van der Waals surface area contributed by atoms with Gasteiger partial charge in [0.1, 0.15) is 0 Å². The first-order valence-corrected chi connectivity index (χ1v) is 6.75. The molecule has 0 saturated heterocycles. The third-order valence-corrected chi connectivity index (χ3v) is 3.69. The summed E-state index contributed by atoms with van der Waals surface area (Å²) >= 11 is 0. The number of hydrogen-bond acceptors (Lipinski definition) is 2. The van der Waals surface area contributed by atoms with E-state index in [2.05, 4.69) is 12.2 Å². The standard InChI is InChI=1S/C15H19NO3/c1-2-5-10-6-3-4-7-11(10)14(17)16-13-9-8-12(13)15(18)19/h3-4,6-7,12-13H,2,5,8-9H2,1H3,(H,16,17)(H,18,19)/t12-,13+/m0/s1. The smallest absolute Gasteiger partial charge is 0.308 e. The normalized spacial score (nSPS) is 21.5. The summed E-state index contributed by atoms with van der Waals surface area (Å²) in [4.78, 5) is 23.1. The minimum atomic E-state index is -0.821. The van der Waals surface area contributed by atoms with Gasteiger partial charge in [-0.3, -0.25) is 9.59 Å². The van der Waals surface area contributed by atoms with E-state index in [0.717, 1.165) is 24.8 Å². The second-order valence-corrected chi connectivity index (χ2v) is 5.01. The van der Waals surface area contributed by atoms with Gasteiger partial charge in [-0.2, -0.15) is 0 Å². The minimum Gasteiger partial charge on any atom is -0.481 e. The molecule has 4 heteroatoms. The van der Waals surface area contributed by atoms with Gasteiger partial charge < -0.3 is 10.4 Å². The fraction of sp³-hybridized carbons (Fsp3) is 0.467. The third-order valence-electron chi connectivity index (χ3n) is 3.69. The summed E-state index contributed by atoms with van der Waals surface area (Å²) < 4.78 is 0. The number of carbonyl (C=O) groups excluding carboxylic acids is 1. The van der Waals surface area contributed by atoms with Crippen molar-refractivity contribution in [2.24, 2.45) is 5.92 Å². The Labute approximate surface area is 112 Å². The van der Waals surface area contributed by atoms with Gasteiger partial charge in [-0.15, -0.1) is 0 Å². The van der Waals surface area contributed by atoms with Crippen LogP contribution in [0.15, 0.2) is 24.3 Å². The highest BCUT2D eigenvalue weighted by molar-refractivity contribution is 5.96. The van der Waals surface area contributed by atoms with Crippen molar-refractivity contribution < 1.29 is 14.7 Å². The van der Waals surface area contributed by atoms with Crippen LogP contribution >= 0.6 is 0 Å². The topological polar surface area (TPSA) is 66.4 Å². The van der Waals surface area contributed by atoms with E-state index >= 15 is 0 Å². The molecule has 0 aromatic heterocycles. The molecule has 0 unspecified atom stereocenters. The first-order chi connectivity index (χ1) is 9.13. The lowest BCUT2D eigenvalue weighted by Gasteiger charge is -2.34. The average Bonchev–Trinajstić information content (AvgIpc) is 2.34. The highest BCUT2D eigenvalue weighted by atomic mass is 16.4. The minimum absolute atomic E-state index is 0.153. The molecule has 1 aliphatic carbocycles. The number of carbonyl (C=O) groups is 2. The molecule has 2 N–H and O–H groups in total. The number of nitrogens with one attached hydrogen (secondary N) is 1. The van der Waals surface area contributed by atoms with Crippen LogP contribution in [-0.2, 0) is 11.2 Å². The lowest BCUT2D eigenvalue weighted by Crippen LogP contribution is -2.50. The zero-order valence-corrected chi connectivity index (χ0v) is 11.1. The number of rotatable bonds is 5. The van der Waals surface area contributed by atoms with Crippen LogP contribution in [0.25, 0.3) is 0 Å². The second kappa shape index (κ2) is 5.87. The van der Waals surface area contributed by atoms with Gasteiger partial charge in [0.2, 0.25) is 0 Å². The van der Waals surface area contributed by atoms with Crippen molar-refractivity contribution in [3.05, 3.63) is 35.4 Å². The summed E-state index contributed by atoms with van der Waals surface area (Å²) in [6.07, 6.45) is 3.23. The molecular weight excluding hydrogens is 242 g/mol. The van der Waals surface area contributed by atoms with Gasteiger partial charge in [0.05, 0.1) is 5.92 Å². The highest BCUT2D eigenvalue weighted by Crippen LogP contribution is 2.28. The molecule has 1 aromatic rings. The van der Waals surface area contributed by atoms with Crippen molar-refractivity contribution in [3.8, 4) is 0 Å². The Kier molecular flexibility index (Phi) is 4.20. The van der Waals surface area contributed by atoms with Gasteiger partial charge >= 0.3 is 5.97 Å². The van der Waals surface area contributed by atoms with Crippen LogP contribution in [0.5, 0.6) is 0 Å². The van der Waals surface area contributed by atoms with Crippen LogP contribution in [0, 0.1) is 5.92 Å². The molecular formula is C15H19NO3. The molecule has 1 aliphatic rings. The largest absolute Gasteiger partial charge is 0.481 e. The average molecular weight is 261 g/mol. The van der Waals surface area contributed by atoms with Gasteiger partial charge in [0.25, 0.3) is 5.91 Å². The molecule has 0 heterocycles. The van der Waals surface area contributed by atoms with Crippen molar-refractivity contribution >= 4 is 11.9 Å². The first-order valence-electron chi connectivity index (χ1n) is 6.75. The number of amides is 1. The Balaban J connectivity index is 2.06. The van der Waals surface area contributed by atoms with E-state index in [1.165, 1.54) is 0 Å². The fourth-order valence-electron chi connectivity index (χ4n) is 2.44. The van der Waals surface area contributed by atoms with Crippen LogP contribution < -0.4 is 5.32 Å². The molecule has 1 aromatic carbocycles. The van der Waals surface area contributed by atoms with Crippen molar-refractivity contribution in [2.45, 2.75) is 38.6 Å². The summed E-state index contributed by atoms with van der Waals surface area (Å²) in [5, 5.41) is 11.8. The second-order valence-electron chi connectivity index (χ2n) is 5.01. The molecule has 0 radical (unpaired) electrons. The molecule has 0 bridgehead atoms. The zero-order valence-electron chi connectivity index (χ0n) is 11.1. The van der Waals surface area contributed by atoms with E-state index in [4.69, 9.17) is 5.11 Å². The molecule has 1 fully saturated rings. The molecule has 0 spiro atoms. The van der Waals surface area contributed by atoms with Gasteiger partial charge in [-0.1, -0.05) is 31.5 Å². The quantitative estimate of drug-likeness (QED) is 0.854. The predicted octanol–water partition coefficient (Wildman–Crippen LogP) is 2.23. The van der Waals surface area contributed by atoms with Gasteiger partial charge in [-0.05, 0) is 30.9 Å². The Morgan fingerprint density at radius 2 is 2.05 bits per heavy atom. The SMILES string of the molecule is CCCc1ccccc1C(=O)N[C@@H]1CC[C@@H]1C(=O)O. The first kappa shape index (κ1) is 13.6. The van der Waals surface area contributed by atoms with Gasteiger partial charge in [-0.25, -0.2) is 0 Å². The van der Waals surface area contributed by atoms with E-state index in [-0.39, 0.29) is 11.9 Å². The van der Waals surface area contributed by atoms with E-state index in [0.29, 0.717) is 12.0 Å². The molecule has 2 atom stereocenters. The lowest BCUT2D eigenvalue weighted by atomic mass is 9.79. The summed E-state index contributed by atoms with van der Waals surface area (Å²) in [7, 11) is 0. The van der Waals surface area contributed by atoms with Crippen LogP contribution in [-0.4, -0.2) is 23.0 Å². The molecule has 0 aliphatic heterocycles. The predicted molar refractivity (Wildman–Crippen MR) is 72.1 cm³/mol. The van der Waals surface area contributed by atoms with Gasteiger partial charge in [0.15, 0.2) is 0 Å². The number of benzene rings is 1. The number of carboxylic acid groups (broad SMARTS) is 1. The third kappa shape index (κ3) is 2.95. The van der Waals surface area contributed by atoms with Gasteiger partial charge in [0, 0.05) is 11.6 Å². The van der Waals surface area contributed by atoms with E-state index in [9.17, 15) is 9.59 Å². The van der Waals surface area contributed by atoms with Crippen molar-refractivity contribution in [2.75, 3.05) is 0 Å². The Bertz CT molecular complexity index is 484. The Morgan fingerprint density at radius 3 is 2.63 bits per heavy atom. The maximum Gasteiger partial charge on any atom is 0.308 e. The van der Waals surface area contributed by atoms with Crippen LogP contribution in [0.4, 0.5) is 0 Å². The molecule has 1 amide bonds. The molecule has 4 nitrogen and oxygen atoms in total. The Hall–Kier alpha value is -1.84. The van der Waals surface area contributed by atoms with Crippen molar-refractivity contribution in [1.29, 1.82) is 0 Å². The number of aliphatic carboxylic acids is 1. The van der Waals surface area contributed by atoms with E-state index < -0.39 is 11.9 Å². The lowest BCUT2D eigenvalue weighted by molar-refractivity contribution is -0.145. The molecule has 19 heavy (non-hydrogen) atoms. The van der Waals surface area contributed by atoms with E-state index in [1.54, 1.807) is 6.07 Å². The molecule has 102 valence electrons. The summed E-state index contributed by atoms with van der Waals surface area (Å²) in [5.41, 5.74) is 1.69. The molecule has 1 saturated carbocycles. The monoisotopic (exact) mass is 261 g/mol. The summed E-state index contributed by atoms with van der Waals surface area (Å²) in [5.74, 6) is -1.40. The maximum absolute atomic E-state index is 12.2. The van der Waals surface area contributed by atoms with Crippen LogP contribution in [0.1, 0.15) is 42.1 Å². The van der Waals surface area contributed by atoms with E-state index in [1.807, 2.05) is 18.2 Å². The molecule has 2 rings (SSSR count). The van der Waals surface area contributed by atoms with Crippen LogP contribution in [0.3, 0.4) is 0 Å². The zero-order chi connectivity index (χ0) is 13.8. The number of hydrogen-bond donors (Lipinski definition) is 2. The number of aryl methyl sites for hydroxylation is 1. The summed E-state index contributed by atoms with van der Waals surface area (Å²) in [6.45, 7) is 2.07. The summed E-state index contributed by atoms with van der Waals surface area (Å²) in [6, 6.07) is 7.29. The van der Waals surface area contributed by atoms with Crippen LogP contribution in [0.2, 0.25) is 0 Å². The number of carboxylic acids is 1. The fourth-order valence-corrected chi connectivity index (χ4v) is 2.44. The maximum atomic E-state index is 12.2. The van der Waals surface area contributed by atoms with Crippen molar-refractivity contribution in [3.63, 3.8) is 0 Å². The Morgan fingerprint density at radius 1 is 1.32 bits per heavy atom. The van der Waals surface area contributed by atoms with Crippen molar-refractivity contribution in [1.82, 2.24) is 5.32 Å². The highest BCUT2D eigenvalue weighted by Gasteiger charge is 2.37.